The van der Waals surface area contributed by atoms with Crippen molar-refractivity contribution in [2.75, 3.05) is 0 Å². The minimum Gasteiger partial charge on any atom is -0.458 e. The number of rotatable bonds is 5. The SMILES string of the molecule is O=C([C]1[CH][CH][CH][CH]1)C(Oc1c(Cl)cccc1Cl)n1cncn1.[CH]1[CH][CH][CH][CH]1.[Fe+2]. The molecule has 0 spiro atoms. The summed E-state index contributed by atoms with van der Waals surface area (Å²) in [5.41, 5.74) is 0. The van der Waals surface area contributed by atoms with Crippen molar-refractivity contribution in [3.05, 3.63) is 105 Å². The molecule has 5 nitrogen and oxygen atoms in total. The number of para-hydroxylation sites is 1. The Morgan fingerprint density at radius 2 is 1.54 bits per heavy atom. The average Bonchev–Trinajstić information content (AvgIpc) is 3.46. The minimum atomic E-state index is -1.04. The van der Waals surface area contributed by atoms with Crippen LogP contribution in [-0.2, 0) is 21.9 Å². The monoisotopic (exact) mass is 455 g/mol. The number of ketones is 1. The molecular weight excluding hydrogens is 441 g/mol. The second kappa shape index (κ2) is 11.8. The summed E-state index contributed by atoms with van der Waals surface area (Å²) in [6.07, 6.45) is 18.6. The Bertz CT molecular complexity index is 705. The molecule has 1 unspecified atom stereocenters. The number of nitrogens with zero attached hydrogens (tertiary/aromatic N) is 3. The van der Waals surface area contributed by atoms with Crippen molar-refractivity contribution in [1.82, 2.24) is 14.8 Å². The molecule has 2 saturated carbocycles. The smallest absolute Gasteiger partial charge is 0.458 e. The van der Waals surface area contributed by atoms with E-state index in [9.17, 15) is 4.79 Å². The van der Waals surface area contributed by atoms with Gasteiger partial charge < -0.3 is 4.74 Å². The van der Waals surface area contributed by atoms with Crippen molar-refractivity contribution >= 4 is 29.0 Å². The number of aromatic nitrogens is 3. The summed E-state index contributed by atoms with van der Waals surface area (Å²) in [4.78, 5) is 16.5. The van der Waals surface area contributed by atoms with Crippen LogP contribution in [0.3, 0.4) is 0 Å². The molecule has 8 heteroatoms. The number of benzene rings is 1. The summed E-state index contributed by atoms with van der Waals surface area (Å²) in [7, 11) is 0. The molecule has 0 saturated heterocycles. The second-order valence-corrected chi connectivity index (χ2v) is 6.21. The summed E-state index contributed by atoms with van der Waals surface area (Å²) < 4.78 is 7.07. The minimum absolute atomic E-state index is 0. The third kappa shape index (κ3) is 6.21. The van der Waals surface area contributed by atoms with Gasteiger partial charge in [-0.05, 0) is 69.9 Å². The Kier molecular flexibility index (Phi) is 9.80. The van der Waals surface area contributed by atoms with Crippen molar-refractivity contribution in [3.63, 3.8) is 0 Å². The molecule has 4 rings (SSSR count). The molecule has 1 aromatic carbocycles. The van der Waals surface area contributed by atoms with Gasteiger partial charge in [-0.2, -0.15) is 5.10 Å². The zero-order valence-electron chi connectivity index (χ0n) is 14.4. The zero-order chi connectivity index (χ0) is 19.1. The molecule has 1 heterocycles. The van der Waals surface area contributed by atoms with Crippen molar-refractivity contribution in [2.45, 2.75) is 6.23 Å². The van der Waals surface area contributed by atoms with E-state index >= 15 is 0 Å². The van der Waals surface area contributed by atoms with E-state index in [-0.39, 0.29) is 28.6 Å². The molecule has 2 aliphatic rings. The summed E-state index contributed by atoms with van der Waals surface area (Å²) in [5.74, 6) is 0.460. The second-order valence-electron chi connectivity index (χ2n) is 5.40. The van der Waals surface area contributed by atoms with Gasteiger partial charge >= 0.3 is 17.1 Å². The van der Waals surface area contributed by atoms with Gasteiger partial charge in [-0.1, -0.05) is 29.3 Å². The van der Waals surface area contributed by atoms with Gasteiger partial charge in [-0.25, -0.2) is 9.67 Å². The third-order valence-corrected chi connectivity index (χ3v) is 4.15. The van der Waals surface area contributed by atoms with Gasteiger partial charge in [0.05, 0.1) is 16.0 Å². The van der Waals surface area contributed by atoms with E-state index in [0.29, 0.717) is 16.0 Å². The van der Waals surface area contributed by atoms with Gasteiger partial charge in [0.25, 0.3) is 6.23 Å². The van der Waals surface area contributed by atoms with Gasteiger partial charge in [0.2, 0.25) is 5.78 Å². The first-order valence-electron chi connectivity index (χ1n) is 8.04. The number of carbonyl (C=O) groups excluding carboxylic acids is 1. The molecule has 0 amide bonds. The molecule has 1 atom stereocenters. The van der Waals surface area contributed by atoms with Crippen LogP contribution in [0.2, 0.25) is 10.0 Å². The van der Waals surface area contributed by atoms with Crippen LogP contribution in [0.1, 0.15) is 6.23 Å². The van der Waals surface area contributed by atoms with Crippen LogP contribution in [0.25, 0.3) is 0 Å². The Balaban J connectivity index is 0.000000408. The van der Waals surface area contributed by atoms with E-state index in [4.69, 9.17) is 27.9 Å². The fourth-order valence-electron chi connectivity index (χ4n) is 2.27. The van der Waals surface area contributed by atoms with Crippen molar-refractivity contribution in [1.29, 1.82) is 0 Å². The van der Waals surface area contributed by atoms with E-state index in [1.54, 1.807) is 43.9 Å². The maximum atomic E-state index is 12.6. The first kappa shape index (κ1) is 23.2. The first-order valence-corrected chi connectivity index (χ1v) is 8.80. The Labute approximate surface area is 186 Å². The molecule has 10 radical (unpaired) electrons. The number of hydrogen-bond donors (Lipinski definition) is 0. The summed E-state index contributed by atoms with van der Waals surface area (Å²) >= 11 is 12.2. The van der Waals surface area contributed by atoms with Crippen molar-refractivity contribution < 1.29 is 26.6 Å². The topological polar surface area (TPSA) is 57.0 Å². The predicted molar refractivity (Wildman–Crippen MR) is 103 cm³/mol. The summed E-state index contributed by atoms with van der Waals surface area (Å²) in [6, 6.07) is 4.96. The number of halogens is 2. The molecular formula is C20H15Cl2FeN3O2+2. The number of carbonyl (C=O) groups is 1. The molecule has 142 valence electrons. The van der Waals surface area contributed by atoms with Crippen LogP contribution < -0.4 is 4.74 Å². The van der Waals surface area contributed by atoms with E-state index in [1.165, 1.54) is 17.3 Å². The molecule has 1 aromatic heterocycles. The van der Waals surface area contributed by atoms with E-state index in [1.807, 2.05) is 32.1 Å². The zero-order valence-corrected chi connectivity index (χ0v) is 17.0. The van der Waals surface area contributed by atoms with Crippen LogP contribution >= 0.6 is 23.2 Å². The standard InChI is InChI=1S/C15H10Cl2N3O2.C5H5.Fe/c16-11-6-3-7-12(17)14(11)22-15(20-9-18-8-19-20)13(21)10-4-1-2-5-10;1-2-4-5-3-1;/h1-9,15H;1-5H;/q;;+2. The van der Waals surface area contributed by atoms with Crippen LogP contribution in [0.15, 0.2) is 30.9 Å². The molecule has 0 bridgehead atoms. The number of Topliss-reactive ketones (excluding diaryl/α,β-unsaturated/α-hetero) is 1. The third-order valence-electron chi connectivity index (χ3n) is 3.55. The van der Waals surface area contributed by atoms with E-state index < -0.39 is 6.23 Å². The maximum absolute atomic E-state index is 12.6. The fourth-order valence-corrected chi connectivity index (χ4v) is 2.76. The molecule has 0 N–H and O–H groups in total. The van der Waals surface area contributed by atoms with Crippen molar-refractivity contribution in [3.8, 4) is 5.75 Å². The van der Waals surface area contributed by atoms with Gasteiger partial charge in [0.15, 0.2) is 5.75 Å². The predicted octanol–water partition coefficient (Wildman–Crippen LogP) is 4.16. The molecule has 2 aliphatic carbocycles. The van der Waals surface area contributed by atoms with Gasteiger partial charge in [0.1, 0.15) is 12.7 Å². The molecule has 2 fully saturated rings. The number of hydrogen-bond acceptors (Lipinski definition) is 4. The molecule has 0 aliphatic heterocycles. The van der Waals surface area contributed by atoms with E-state index in [2.05, 4.69) is 10.1 Å². The quantitative estimate of drug-likeness (QED) is 0.635. The Morgan fingerprint density at radius 1 is 0.964 bits per heavy atom. The van der Waals surface area contributed by atoms with Gasteiger partial charge in [-0.3, -0.25) is 4.79 Å². The van der Waals surface area contributed by atoms with E-state index in [0.717, 1.165) is 0 Å². The fraction of sp³-hybridized carbons (Fsp3) is 0.0500. The van der Waals surface area contributed by atoms with Crippen LogP contribution in [0.4, 0.5) is 0 Å². The van der Waals surface area contributed by atoms with Gasteiger partial charge in [0, 0.05) is 0 Å². The summed E-state index contributed by atoms with van der Waals surface area (Å²) in [6.45, 7) is 0. The van der Waals surface area contributed by atoms with Crippen molar-refractivity contribution in [2.24, 2.45) is 0 Å². The summed E-state index contributed by atoms with van der Waals surface area (Å²) in [5, 5.41) is 4.60. The van der Waals surface area contributed by atoms with Gasteiger partial charge in [-0.15, -0.1) is 0 Å². The average molecular weight is 456 g/mol. The normalized spacial score (nSPS) is 17.4. The van der Waals surface area contributed by atoms with Crippen LogP contribution in [-0.4, -0.2) is 20.5 Å². The number of ether oxygens (including phenoxy) is 1. The Morgan fingerprint density at radius 3 is 2.04 bits per heavy atom. The largest absolute Gasteiger partial charge is 2.00 e. The van der Waals surface area contributed by atoms with Crippen LogP contribution in [0, 0.1) is 63.7 Å². The van der Waals surface area contributed by atoms with Crippen LogP contribution in [0.5, 0.6) is 5.75 Å². The Hall–Kier alpha value is -1.07. The maximum Gasteiger partial charge on any atom is 2.00 e. The first-order chi connectivity index (χ1) is 13.2. The molecule has 2 aromatic rings. The molecule has 28 heavy (non-hydrogen) atoms.